The first-order valence-corrected chi connectivity index (χ1v) is 8.63. The molecule has 6 heteroatoms. The standard InChI is InChI=1S/C18H27N3O3/c1-3-24-12-4-11-19-18(23)20-13(2)14-7-9-16(10-8-14)21-17(22)15-5-6-15/h7-10,13,15H,3-6,11-12H2,1-2H3,(H,21,22)(H2,19,20,23). The minimum Gasteiger partial charge on any atom is -0.382 e. The Morgan fingerprint density at radius 3 is 2.58 bits per heavy atom. The van der Waals surface area contributed by atoms with E-state index in [9.17, 15) is 9.59 Å². The molecule has 1 aliphatic rings. The Labute approximate surface area is 143 Å². The number of amides is 3. The zero-order valence-electron chi connectivity index (χ0n) is 14.4. The van der Waals surface area contributed by atoms with Gasteiger partial charge in [-0.3, -0.25) is 4.79 Å². The molecule has 1 saturated carbocycles. The van der Waals surface area contributed by atoms with Crippen LogP contribution < -0.4 is 16.0 Å². The fourth-order valence-corrected chi connectivity index (χ4v) is 2.30. The summed E-state index contributed by atoms with van der Waals surface area (Å²) in [6, 6.07) is 7.28. The average molecular weight is 333 g/mol. The lowest BCUT2D eigenvalue weighted by atomic mass is 10.1. The van der Waals surface area contributed by atoms with Crippen LogP contribution in [0.4, 0.5) is 10.5 Å². The van der Waals surface area contributed by atoms with Crippen molar-refractivity contribution in [3.05, 3.63) is 29.8 Å². The van der Waals surface area contributed by atoms with E-state index in [4.69, 9.17) is 4.74 Å². The molecule has 0 radical (unpaired) electrons. The minimum absolute atomic E-state index is 0.0975. The van der Waals surface area contributed by atoms with Crippen LogP contribution in [0.5, 0.6) is 0 Å². The number of nitrogens with one attached hydrogen (secondary N) is 3. The molecule has 1 unspecified atom stereocenters. The van der Waals surface area contributed by atoms with E-state index in [0.29, 0.717) is 19.8 Å². The van der Waals surface area contributed by atoms with Crippen molar-refractivity contribution in [3.63, 3.8) is 0 Å². The summed E-state index contributed by atoms with van der Waals surface area (Å²) in [4.78, 5) is 23.6. The second-order valence-corrected chi connectivity index (χ2v) is 6.06. The summed E-state index contributed by atoms with van der Waals surface area (Å²) in [6.45, 7) is 5.81. The first-order chi connectivity index (χ1) is 11.6. The van der Waals surface area contributed by atoms with Crippen molar-refractivity contribution in [3.8, 4) is 0 Å². The summed E-state index contributed by atoms with van der Waals surface area (Å²) in [5.41, 5.74) is 1.78. The maximum absolute atomic E-state index is 11.8. The van der Waals surface area contributed by atoms with Crippen molar-refractivity contribution in [1.82, 2.24) is 10.6 Å². The number of rotatable bonds is 9. The molecule has 0 saturated heterocycles. The third kappa shape index (κ3) is 6.20. The second-order valence-electron chi connectivity index (χ2n) is 6.06. The van der Waals surface area contributed by atoms with Crippen molar-refractivity contribution in [2.75, 3.05) is 25.1 Å². The van der Waals surface area contributed by atoms with Crippen LogP contribution in [0.25, 0.3) is 0 Å². The Morgan fingerprint density at radius 2 is 1.96 bits per heavy atom. The maximum Gasteiger partial charge on any atom is 0.315 e. The van der Waals surface area contributed by atoms with Crippen LogP contribution in [0.2, 0.25) is 0 Å². The van der Waals surface area contributed by atoms with Gasteiger partial charge in [-0.05, 0) is 50.8 Å². The van der Waals surface area contributed by atoms with Crippen molar-refractivity contribution in [1.29, 1.82) is 0 Å². The molecule has 24 heavy (non-hydrogen) atoms. The molecule has 1 atom stereocenters. The van der Waals surface area contributed by atoms with Gasteiger partial charge in [0.25, 0.3) is 0 Å². The van der Waals surface area contributed by atoms with Crippen LogP contribution in [0.1, 0.15) is 44.7 Å². The van der Waals surface area contributed by atoms with Crippen LogP contribution in [0, 0.1) is 5.92 Å². The van der Waals surface area contributed by atoms with Gasteiger partial charge in [-0.1, -0.05) is 12.1 Å². The molecule has 1 aromatic rings. The summed E-state index contributed by atoms with van der Waals surface area (Å²) in [5.74, 6) is 0.289. The van der Waals surface area contributed by atoms with E-state index in [0.717, 1.165) is 30.5 Å². The van der Waals surface area contributed by atoms with Crippen LogP contribution in [0.3, 0.4) is 0 Å². The monoisotopic (exact) mass is 333 g/mol. The van der Waals surface area contributed by atoms with Crippen molar-refractivity contribution < 1.29 is 14.3 Å². The molecule has 1 aromatic carbocycles. The molecule has 0 aliphatic heterocycles. The average Bonchev–Trinajstić information content (AvgIpc) is 3.40. The Morgan fingerprint density at radius 1 is 1.25 bits per heavy atom. The molecule has 6 nitrogen and oxygen atoms in total. The summed E-state index contributed by atoms with van der Waals surface area (Å²) < 4.78 is 5.22. The molecule has 1 aliphatic carbocycles. The first-order valence-electron chi connectivity index (χ1n) is 8.63. The second kappa shape index (κ2) is 9.27. The highest BCUT2D eigenvalue weighted by Gasteiger charge is 2.29. The van der Waals surface area contributed by atoms with Gasteiger partial charge in [0.1, 0.15) is 0 Å². The molecule has 1 fully saturated rings. The van der Waals surface area contributed by atoms with E-state index in [1.807, 2.05) is 38.1 Å². The van der Waals surface area contributed by atoms with Crippen LogP contribution >= 0.6 is 0 Å². The highest BCUT2D eigenvalue weighted by molar-refractivity contribution is 5.94. The van der Waals surface area contributed by atoms with Gasteiger partial charge >= 0.3 is 6.03 Å². The molecule has 0 bridgehead atoms. The molecular formula is C18H27N3O3. The Kier molecular flexibility index (Phi) is 7.06. The molecular weight excluding hydrogens is 306 g/mol. The number of benzene rings is 1. The van der Waals surface area contributed by atoms with E-state index in [1.165, 1.54) is 0 Å². The van der Waals surface area contributed by atoms with Crippen molar-refractivity contribution in [2.24, 2.45) is 5.92 Å². The van der Waals surface area contributed by atoms with Gasteiger partial charge in [0.2, 0.25) is 5.91 Å². The Bertz CT molecular complexity index is 541. The zero-order valence-corrected chi connectivity index (χ0v) is 14.4. The predicted octanol–water partition coefficient (Wildman–Crippen LogP) is 2.82. The molecule has 3 N–H and O–H groups in total. The topological polar surface area (TPSA) is 79.5 Å². The molecule has 0 heterocycles. The van der Waals surface area contributed by atoms with Crippen LogP contribution in [0.15, 0.2) is 24.3 Å². The van der Waals surface area contributed by atoms with Gasteiger partial charge < -0.3 is 20.7 Å². The van der Waals surface area contributed by atoms with E-state index in [2.05, 4.69) is 16.0 Å². The van der Waals surface area contributed by atoms with Crippen molar-refractivity contribution in [2.45, 2.75) is 39.2 Å². The van der Waals surface area contributed by atoms with E-state index in [1.54, 1.807) is 0 Å². The Balaban J connectivity index is 1.72. The summed E-state index contributed by atoms with van der Waals surface area (Å²) in [7, 11) is 0. The third-order valence-electron chi connectivity index (χ3n) is 3.93. The van der Waals surface area contributed by atoms with Gasteiger partial charge in [0, 0.05) is 31.4 Å². The fraction of sp³-hybridized carbons (Fsp3) is 0.556. The number of hydrogen-bond donors (Lipinski definition) is 3. The lowest BCUT2D eigenvalue weighted by molar-refractivity contribution is -0.117. The number of hydrogen-bond acceptors (Lipinski definition) is 3. The van der Waals surface area contributed by atoms with E-state index < -0.39 is 0 Å². The van der Waals surface area contributed by atoms with Crippen molar-refractivity contribution >= 4 is 17.6 Å². The highest BCUT2D eigenvalue weighted by atomic mass is 16.5. The highest BCUT2D eigenvalue weighted by Crippen LogP contribution is 2.30. The normalized spacial score (nSPS) is 14.8. The number of urea groups is 1. The predicted molar refractivity (Wildman–Crippen MR) is 93.9 cm³/mol. The zero-order chi connectivity index (χ0) is 17.4. The smallest absolute Gasteiger partial charge is 0.315 e. The molecule has 3 amide bonds. The molecule has 132 valence electrons. The molecule has 0 spiro atoms. The summed E-state index contributed by atoms with van der Waals surface area (Å²) in [5, 5.41) is 8.61. The lowest BCUT2D eigenvalue weighted by Crippen LogP contribution is -2.37. The summed E-state index contributed by atoms with van der Waals surface area (Å²) in [6.07, 6.45) is 2.78. The van der Waals surface area contributed by atoms with Gasteiger partial charge in [0.05, 0.1) is 6.04 Å². The van der Waals surface area contributed by atoms with Gasteiger partial charge in [-0.15, -0.1) is 0 Å². The number of ether oxygens (including phenoxy) is 1. The first kappa shape index (κ1) is 18.3. The van der Waals surface area contributed by atoms with Gasteiger partial charge in [0.15, 0.2) is 0 Å². The quantitative estimate of drug-likeness (QED) is 0.608. The van der Waals surface area contributed by atoms with Crippen LogP contribution in [-0.2, 0) is 9.53 Å². The van der Waals surface area contributed by atoms with Gasteiger partial charge in [-0.25, -0.2) is 4.79 Å². The Hall–Kier alpha value is -2.08. The number of carbonyl (C=O) groups excluding carboxylic acids is 2. The largest absolute Gasteiger partial charge is 0.382 e. The minimum atomic E-state index is -0.190. The number of anilines is 1. The lowest BCUT2D eigenvalue weighted by Gasteiger charge is -2.15. The van der Waals surface area contributed by atoms with E-state index >= 15 is 0 Å². The fourth-order valence-electron chi connectivity index (χ4n) is 2.30. The summed E-state index contributed by atoms with van der Waals surface area (Å²) >= 11 is 0. The maximum atomic E-state index is 11.8. The number of carbonyl (C=O) groups is 2. The third-order valence-corrected chi connectivity index (χ3v) is 3.93. The molecule has 0 aromatic heterocycles. The van der Waals surface area contributed by atoms with E-state index in [-0.39, 0.29) is 23.9 Å². The molecule has 2 rings (SSSR count). The SMILES string of the molecule is CCOCCCNC(=O)NC(C)c1ccc(NC(=O)C2CC2)cc1. The van der Waals surface area contributed by atoms with Gasteiger partial charge in [-0.2, -0.15) is 0 Å². The van der Waals surface area contributed by atoms with Crippen LogP contribution in [-0.4, -0.2) is 31.7 Å².